The predicted molar refractivity (Wildman–Crippen MR) is 76.5 cm³/mol. The average Bonchev–Trinajstić information content (AvgIpc) is 2.46. The summed E-state index contributed by atoms with van der Waals surface area (Å²) in [7, 11) is 1.60. The summed E-state index contributed by atoms with van der Waals surface area (Å²) in [5.74, 6) is 1.15. The first-order valence-corrected chi connectivity index (χ1v) is 6.28. The molecule has 0 radical (unpaired) electrons. The number of aromatic nitrogens is 2. The van der Waals surface area contributed by atoms with E-state index in [9.17, 15) is 0 Å². The molecule has 0 atom stereocenters. The first-order valence-electron chi connectivity index (χ1n) is 6.28. The van der Waals surface area contributed by atoms with Crippen LogP contribution in [0.1, 0.15) is 19.4 Å². The van der Waals surface area contributed by atoms with Crippen LogP contribution in [0.25, 0.3) is 0 Å². The summed E-state index contributed by atoms with van der Waals surface area (Å²) >= 11 is 0. The molecule has 2 aromatic rings. The second kappa shape index (κ2) is 5.69. The highest BCUT2D eigenvalue weighted by molar-refractivity contribution is 5.31. The van der Waals surface area contributed by atoms with E-state index in [1.165, 1.54) is 5.56 Å². The first-order chi connectivity index (χ1) is 9.12. The minimum atomic E-state index is 0.00764. The number of anilines is 1. The van der Waals surface area contributed by atoms with Gasteiger partial charge in [0.15, 0.2) is 0 Å². The second-order valence-corrected chi connectivity index (χ2v) is 5.03. The molecule has 0 bridgehead atoms. The van der Waals surface area contributed by atoms with Gasteiger partial charge in [-0.3, -0.25) is 0 Å². The SMILES string of the molecule is COc1ccnc(NCC(C)(C)c2ccccc2)n1. The Balaban J connectivity index is 2.05. The van der Waals surface area contributed by atoms with Crippen molar-refractivity contribution in [3.8, 4) is 5.88 Å². The van der Waals surface area contributed by atoms with Gasteiger partial charge in [-0.25, -0.2) is 4.98 Å². The molecule has 0 saturated heterocycles. The van der Waals surface area contributed by atoms with Gasteiger partial charge in [0.25, 0.3) is 0 Å². The molecule has 1 heterocycles. The number of nitrogens with zero attached hydrogens (tertiary/aromatic N) is 2. The summed E-state index contributed by atoms with van der Waals surface area (Å²) in [4.78, 5) is 8.43. The third kappa shape index (κ3) is 3.44. The largest absolute Gasteiger partial charge is 0.481 e. The highest BCUT2D eigenvalue weighted by atomic mass is 16.5. The Hall–Kier alpha value is -2.10. The van der Waals surface area contributed by atoms with Gasteiger partial charge in [-0.15, -0.1) is 0 Å². The first kappa shape index (κ1) is 13.3. The standard InChI is InChI=1S/C15H19N3O/c1-15(2,12-7-5-4-6-8-12)11-17-14-16-10-9-13(18-14)19-3/h4-10H,11H2,1-3H3,(H,16,17,18). The maximum atomic E-state index is 5.08. The minimum absolute atomic E-state index is 0.00764. The Bertz CT molecular complexity index is 526. The summed E-state index contributed by atoms with van der Waals surface area (Å²) in [6.07, 6.45) is 1.68. The number of benzene rings is 1. The van der Waals surface area contributed by atoms with Crippen molar-refractivity contribution < 1.29 is 4.74 Å². The molecular formula is C15H19N3O. The van der Waals surface area contributed by atoms with Crippen molar-refractivity contribution >= 4 is 5.95 Å². The quantitative estimate of drug-likeness (QED) is 0.894. The molecule has 0 aliphatic carbocycles. The monoisotopic (exact) mass is 257 g/mol. The molecule has 19 heavy (non-hydrogen) atoms. The van der Waals surface area contributed by atoms with E-state index >= 15 is 0 Å². The molecule has 0 saturated carbocycles. The molecule has 1 N–H and O–H groups in total. The molecule has 4 nitrogen and oxygen atoms in total. The van der Waals surface area contributed by atoms with Crippen LogP contribution in [-0.4, -0.2) is 23.6 Å². The lowest BCUT2D eigenvalue weighted by molar-refractivity contribution is 0.397. The van der Waals surface area contributed by atoms with Crippen molar-refractivity contribution in [2.24, 2.45) is 0 Å². The van der Waals surface area contributed by atoms with Gasteiger partial charge in [-0.2, -0.15) is 4.98 Å². The van der Waals surface area contributed by atoms with E-state index in [1.807, 2.05) is 6.07 Å². The van der Waals surface area contributed by atoms with Crippen molar-refractivity contribution in [3.05, 3.63) is 48.2 Å². The van der Waals surface area contributed by atoms with Gasteiger partial charge in [-0.1, -0.05) is 44.2 Å². The van der Waals surface area contributed by atoms with Crippen LogP contribution < -0.4 is 10.1 Å². The normalized spacial score (nSPS) is 11.1. The molecule has 0 amide bonds. The molecule has 2 rings (SSSR count). The maximum Gasteiger partial charge on any atom is 0.225 e. The molecule has 1 aromatic carbocycles. The number of nitrogens with one attached hydrogen (secondary N) is 1. The number of ether oxygens (including phenoxy) is 1. The van der Waals surface area contributed by atoms with Crippen LogP contribution in [0.4, 0.5) is 5.95 Å². The van der Waals surface area contributed by atoms with E-state index in [2.05, 4.69) is 53.4 Å². The van der Waals surface area contributed by atoms with Crippen LogP contribution in [0.15, 0.2) is 42.6 Å². The minimum Gasteiger partial charge on any atom is -0.481 e. The molecule has 1 aromatic heterocycles. The Kier molecular flexibility index (Phi) is 4.00. The molecule has 100 valence electrons. The fraction of sp³-hybridized carbons (Fsp3) is 0.333. The lowest BCUT2D eigenvalue weighted by Crippen LogP contribution is -2.28. The Labute approximate surface area is 113 Å². The third-order valence-corrected chi connectivity index (χ3v) is 3.08. The predicted octanol–water partition coefficient (Wildman–Crippen LogP) is 2.87. The molecule has 0 spiro atoms. The van der Waals surface area contributed by atoms with Crippen molar-refractivity contribution in [2.75, 3.05) is 19.0 Å². The zero-order valence-corrected chi connectivity index (χ0v) is 11.6. The Morgan fingerprint density at radius 1 is 1.16 bits per heavy atom. The van der Waals surface area contributed by atoms with E-state index in [4.69, 9.17) is 4.74 Å². The summed E-state index contributed by atoms with van der Waals surface area (Å²) in [6, 6.07) is 12.1. The number of methoxy groups -OCH3 is 1. The summed E-state index contributed by atoms with van der Waals surface area (Å²) in [6.45, 7) is 5.13. The smallest absolute Gasteiger partial charge is 0.225 e. The van der Waals surface area contributed by atoms with Crippen molar-refractivity contribution in [3.63, 3.8) is 0 Å². The van der Waals surface area contributed by atoms with Gasteiger partial charge >= 0.3 is 0 Å². The Morgan fingerprint density at radius 2 is 1.89 bits per heavy atom. The van der Waals surface area contributed by atoms with Crippen LogP contribution in [0.3, 0.4) is 0 Å². The fourth-order valence-corrected chi connectivity index (χ4v) is 1.83. The van der Waals surface area contributed by atoms with E-state index in [0.717, 1.165) is 6.54 Å². The van der Waals surface area contributed by atoms with Crippen molar-refractivity contribution in [2.45, 2.75) is 19.3 Å². The molecule has 0 aliphatic heterocycles. The van der Waals surface area contributed by atoms with Crippen LogP contribution in [0.2, 0.25) is 0 Å². The summed E-state index contributed by atoms with van der Waals surface area (Å²) in [5, 5.41) is 3.26. The molecule has 0 aliphatic rings. The lowest BCUT2D eigenvalue weighted by Gasteiger charge is -2.25. The van der Waals surface area contributed by atoms with E-state index in [1.54, 1.807) is 19.4 Å². The van der Waals surface area contributed by atoms with Gasteiger partial charge in [0.2, 0.25) is 11.8 Å². The van der Waals surface area contributed by atoms with Crippen LogP contribution in [-0.2, 0) is 5.41 Å². The summed E-state index contributed by atoms with van der Waals surface area (Å²) in [5.41, 5.74) is 1.29. The zero-order chi connectivity index (χ0) is 13.7. The van der Waals surface area contributed by atoms with Crippen molar-refractivity contribution in [1.29, 1.82) is 0 Å². The lowest BCUT2D eigenvalue weighted by atomic mass is 9.85. The van der Waals surface area contributed by atoms with Crippen LogP contribution in [0, 0.1) is 0 Å². The van der Waals surface area contributed by atoms with E-state index in [0.29, 0.717) is 11.8 Å². The van der Waals surface area contributed by atoms with Crippen LogP contribution in [0.5, 0.6) is 5.88 Å². The molecular weight excluding hydrogens is 238 g/mol. The highest BCUT2D eigenvalue weighted by Crippen LogP contribution is 2.23. The van der Waals surface area contributed by atoms with Gasteiger partial charge in [0.1, 0.15) is 0 Å². The van der Waals surface area contributed by atoms with Gasteiger partial charge in [0, 0.05) is 24.2 Å². The summed E-state index contributed by atoms with van der Waals surface area (Å²) < 4.78 is 5.08. The van der Waals surface area contributed by atoms with Gasteiger partial charge in [0.05, 0.1) is 7.11 Å². The molecule has 0 fully saturated rings. The maximum absolute atomic E-state index is 5.08. The zero-order valence-electron chi connectivity index (χ0n) is 11.6. The van der Waals surface area contributed by atoms with Crippen molar-refractivity contribution in [1.82, 2.24) is 9.97 Å². The molecule has 0 unspecified atom stereocenters. The highest BCUT2D eigenvalue weighted by Gasteiger charge is 2.20. The van der Waals surface area contributed by atoms with Gasteiger partial charge < -0.3 is 10.1 Å². The van der Waals surface area contributed by atoms with E-state index in [-0.39, 0.29) is 5.41 Å². The number of rotatable bonds is 5. The van der Waals surface area contributed by atoms with E-state index < -0.39 is 0 Å². The third-order valence-electron chi connectivity index (χ3n) is 3.08. The fourth-order valence-electron chi connectivity index (χ4n) is 1.83. The van der Waals surface area contributed by atoms with Crippen LogP contribution >= 0.6 is 0 Å². The second-order valence-electron chi connectivity index (χ2n) is 5.03. The van der Waals surface area contributed by atoms with Gasteiger partial charge in [-0.05, 0) is 5.56 Å². The average molecular weight is 257 g/mol. The Morgan fingerprint density at radius 3 is 2.58 bits per heavy atom. The number of hydrogen-bond acceptors (Lipinski definition) is 4. The molecule has 4 heteroatoms. The topological polar surface area (TPSA) is 47.0 Å². The number of hydrogen-bond donors (Lipinski definition) is 1.